The molecule has 3 heteroatoms. The molecule has 3 nitrogen and oxygen atoms in total. The molecule has 1 aliphatic rings. The van der Waals surface area contributed by atoms with Crippen molar-refractivity contribution < 1.29 is 4.84 Å². The standard InChI is InChI=1S/C19H22N2O/c1-21-12-6-11-19(21)18-10-5-9-17(13-18)14-20-22-15-16-7-3-2-4-8-16/h2-5,7-10,13-14,19H,6,11-12,15H2,1H3. The van der Waals surface area contributed by atoms with Crippen LogP contribution in [0.5, 0.6) is 0 Å². The molecular weight excluding hydrogens is 272 g/mol. The quantitative estimate of drug-likeness (QED) is 0.615. The summed E-state index contributed by atoms with van der Waals surface area (Å²) in [4.78, 5) is 7.79. The molecule has 0 aromatic heterocycles. The number of benzene rings is 2. The molecule has 0 spiro atoms. The summed E-state index contributed by atoms with van der Waals surface area (Å²) in [5.74, 6) is 0. The number of oxime groups is 1. The van der Waals surface area contributed by atoms with Crippen LogP contribution in [0.1, 0.15) is 35.6 Å². The highest BCUT2D eigenvalue weighted by atomic mass is 16.6. The van der Waals surface area contributed by atoms with Crippen molar-refractivity contribution in [2.75, 3.05) is 13.6 Å². The summed E-state index contributed by atoms with van der Waals surface area (Å²) in [5.41, 5.74) is 3.58. The Kier molecular flexibility index (Phi) is 4.86. The molecule has 1 unspecified atom stereocenters. The molecule has 1 saturated heterocycles. The molecule has 1 fully saturated rings. The first-order valence-corrected chi connectivity index (χ1v) is 7.82. The van der Waals surface area contributed by atoms with Crippen LogP contribution in [0.2, 0.25) is 0 Å². The zero-order valence-electron chi connectivity index (χ0n) is 13.0. The van der Waals surface area contributed by atoms with Crippen molar-refractivity contribution in [2.24, 2.45) is 5.16 Å². The Hall–Kier alpha value is -2.13. The summed E-state index contributed by atoms with van der Waals surface area (Å²) in [5, 5.41) is 4.09. The third kappa shape index (κ3) is 3.74. The fraction of sp³-hybridized carbons (Fsp3) is 0.316. The Balaban J connectivity index is 1.59. The maximum Gasteiger partial charge on any atom is 0.142 e. The van der Waals surface area contributed by atoms with E-state index in [9.17, 15) is 0 Å². The van der Waals surface area contributed by atoms with Gasteiger partial charge in [-0.3, -0.25) is 4.90 Å². The van der Waals surface area contributed by atoms with Gasteiger partial charge in [0.1, 0.15) is 6.61 Å². The van der Waals surface area contributed by atoms with Gasteiger partial charge in [0.05, 0.1) is 6.21 Å². The van der Waals surface area contributed by atoms with E-state index in [1.165, 1.54) is 24.9 Å². The van der Waals surface area contributed by atoms with E-state index in [2.05, 4.69) is 41.4 Å². The molecule has 0 saturated carbocycles. The topological polar surface area (TPSA) is 24.8 Å². The molecule has 22 heavy (non-hydrogen) atoms. The van der Waals surface area contributed by atoms with E-state index < -0.39 is 0 Å². The predicted molar refractivity (Wildman–Crippen MR) is 89.9 cm³/mol. The first kappa shape index (κ1) is 14.8. The first-order chi connectivity index (χ1) is 10.8. The Bertz CT molecular complexity index is 624. The Morgan fingerprint density at radius 2 is 2.05 bits per heavy atom. The minimum Gasteiger partial charge on any atom is -0.391 e. The van der Waals surface area contributed by atoms with E-state index in [0.29, 0.717) is 12.6 Å². The molecule has 2 aromatic rings. The number of likely N-dealkylation sites (tertiary alicyclic amines) is 1. The van der Waals surface area contributed by atoms with Crippen LogP contribution in [0.3, 0.4) is 0 Å². The van der Waals surface area contributed by atoms with E-state index in [-0.39, 0.29) is 0 Å². The highest BCUT2D eigenvalue weighted by Crippen LogP contribution is 2.30. The largest absolute Gasteiger partial charge is 0.391 e. The van der Waals surface area contributed by atoms with Crippen LogP contribution in [0.15, 0.2) is 59.8 Å². The fourth-order valence-electron chi connectivity index (χ4n) is 2.96. The Labute approximate surface area is 132 Å². The Morgan fingerprint density at radius 3 is 2.82 bits per heavy atom. The summed E-state index contributed by atoms with van der Waals surface area (Å²) in [6, 6.07) is 19.2. The minimum atomic E-state index is 0.502. The van der Waals surface area contributed by atoms with Crippen molar-refractivity contribution in [1.29, 1.82) is 0 Å². The molecule has 0 amide bonds. The van der Waals surface area contributed by atoms with Crippen molar-refractivity contribution in [2.45, 2.75) is 25.5 Å². The van der Waals surface area contributed by atoms with Crippen LogP contribution < -0.4 is 0 Å². The summed E-state index contributed by atoms with van der Waals surface area (Å²) in [6.07, 6.45) is 4.31. The summed E-state index contributed by atoms with van der Waals surface area (Å²) in [6.45, 7) is 1.69. The normalized spacial score (nSPS) is 18.9. The van der Waals surface area contributed by atoms with E-state index in [1.54, 1.807) is 6.21 Å². The van der Waals surface area contributed by atoms with E-state index >= 15 is 0 Å². The zero-order valence-corrected chi connectivity index (χ0v) is 13.0. The molecule has 0 N–H and O–H groups in total. The minimum absolute atomic E-state index is 0.502. The molecule has 3 rings (SSSR count). The number of hydrogen-bond donors (Lipinski definition) is 0. The van der Waals surface area contributed by atoms with Crippen LogP contribution >= 0.6 is 0 Å². The van der Waals surface area contributed by atoms with Crippen LogP contribution in [0.25, 0.3) is 0 Å². The van der Waals surface area contributed by atoms with Crippen LogP contribution in [-0.4, -0.2) is 24.7 Å². The maximum absolute atomic E-state index is 5.37. The summed E-state index contributed by atoms with van der Waals surface area (Å²) in [7, 11) is 2.20. The van der Waals surface area contributed by atoms with Gasteiger partial charge in [0.15, 0.2) is 0 Å². The van der Waals surface area contributed by atoms with Gasteiger partial charge >= 0.3 is 0 Å². The molecule has 1 heterocycles. The molecule has 2 aromatic carbocycles. The molecule has 0 aliphatic carbocycles. The summed E-state index contributed by atoms with van der Waals surface area (Å²) < 4.78 is 0. The third-order valence-electron chi connectivity index (χ3n) is 4.17. The molecule has 1 atom stereocenters. The van der Waals surface area contributed by atoms with Gasteiger partial charge in [-0.25, -0.2) is 0 Å². The van der Waals surface area contributed by atoms with Crippen molar-refractivity contribution >= 4 is 6.21 Å². The highest BCUT2D eigenvalue weighted by Gasteiger charge is 2.22. The Morgan fingerprint density at radius 1 is 1.18 bits per heavy atom. The van der Waals surface area contributed by atoms with Gasteiger partial charge in [0, 0.05) is 6.04 Å². The number of nitrogens with zero attached hydrogens (tertiary/aromatic N) is 2. The molecule has 1 aliphatic heterocycles. The van der Waals surface area contributed by atoms with Crippen molar-refractivity contribution in [3.63, 3.8) is 0 Å². The second-order valence-corrected chi connectivity index (χ2v) is 5.80. The van der Waals surface area contributed by atoms with Crippen LogP contribution in [0, 0.1) is 0 Å². The lowest BCUT2D eigenvalue weighted by Gasteiger charge is -2.19. The molecule has 114 valence electrons. The van der Waals surface area contributed by atoms with Gasteiger partial charge in [0.2, 0.25) is 0 Å². The smallest absolute Gasteiger partial charge is 0.142 e. The second-order valence-electron chi connectivity index (χ2n) is 5.80. The monoisotopic (exact) mass is 294 g/mol. The van der Waals surface area contributed by atoms with Gasteiger partial charge in [-0.05, 0) is 49.2 Å². The van der Waals surface area contributed by atoms with Gasteiger partial charge < -0.3 is 4.84 Å². The highest BCUT2D eigenvalue weighted by molar-refractivity contribution is 5.79. The number of rotatable bonds is 5. The second kappa shape index (κ2) is 7.23. The zero-order chi connectivity index (χ0) is 15.2. The third-order valence-corrected chi connectivity index (χ3v) is 4.17. The number of hydrogen-bond acceptors (Lipinski definition) is 3. The van der Waals surface area contributed by atoms with Crippen LogP contribution in [0.4, 0.5) is 0 Å². The summed E-state index contributed by atoms with van der Waals surface area (Å²) >= 11 is 0. The van der Waals surface area contributed by atoms with Crippen molar-refractivity contribution in [3.8, 4) is 0 Å². The molecular formula is C19H22N2O. The lowest BCUT2D eigenvalue weighted by Crippen LogP contribution is -2.17. The average molecular weight is 294 g/mol. The van der Waals surface area contributed by atoms with Crippen LogP contribution in [-0.2, 0) is 11.4 Å². The SMILES string of the molecule is CN1CCCC1c1cccc(C=NOCc2ccccc2)c1. The lowest BCUT2D eigenvalue weighted by atomic mass is 10.0. The van der Waals surface area contributed by atoms with Crippen molar-refractivity contribution in [3.05, 3.63) is 71.3 Å². The molecule has 0 bridgehead atoms. The van der Waals surface area contributed by atoms with E-state index in [4.69, 9.17) is 4.84 Å². The predicted octanol–water partition coefficient (Wildman–Crippen LogP) is 4.00. The fourth-order valence-corrected chi connectivity index (χ4v) is 2.96. The van der Waals surface area contributed by atoms with Gasteiger partial charge in [-0.15, -0.1) is 0 Å². The first-order valence-electron chi connectivity index (χ1n) is 7.82. The lowest BCUT2D eigenvalue weighted by molar-refractivity contribution is 0.132. The average Bonchev–Trinajstić information content (AvgIpc) is 2.99. The van der Waals surface area contributed by atoms with Gasteiger partial charge in [-0.2, -0.15) is 0 Å². The molecule has 0 radical (unpaired) electrons. The van der Waals surface area contributed by atoms with Gasteiger partial charge in [-0.1, -0.05) is 53.7 Å². The van der Waals surface area contributed by atoms with Gasteiger partial charge in [0.25, 0.3) is 0 Å². The van der Waals surface area contributed by atoms with E-state index in [1.807, 2.05) is 30.3 Å². The maximum atomic E-state index is 5.37. The van der Waals surface area contributed by atoms with E-state index in [0.717, 1.165) is 11.1 Å². The van der Waals surface area contributed by atoms with Crippen molar-refractivity contribution in [1.82, 2.24) is 4.90 Å².